The molecule has 0 bridgehead atoms. The van der Waals surface area contributed by atoms with Crippen molar-refractivity contribution in [1.82, 2.24) is 4.98 Å². The third-order valence-corrected chi connectivity index (χ3v) is 1.46. The first-order chi connectivity index (χ1) is 6.18. The molecular formula is C11H21NO. The van der Waals surface area contributed by atoms with Gasteiger partial charge in [0.2, 0.25) is 5.56 Å². The molecular weight excluding hydrogens is 162 g/mol. The molecule has 0 aliphatic rings. The number of H-pyrrole nitrogens is 1. The summed E-state index contributed by atoms with van der Waals surface area (Å²) in [5, 5.41) is 0. The number of hydrogen-bond acceptors (Lipinski definition) is 1. The smallest absolute Gasteiger partial charge is 0.248 e. The van der Waals surface area contributed by atoms with Crippen LogP contribution in [0.5, 0.6) is 0 Å². The van der Waals surface area contributed by atoms with Crippen molar-refractivity contribution < 1.29 is 1.43 Å². The summed E-state index contributed by atoms with van der Waals surface area (Å²) in [5.41, 5.74) is 1.01. The van der Waals surface area contributed by atoms with Crippen molar-refractivity contribution in [3.8, 4) is 0 Å². The van der Waals surface area contributed by atoms with Crippen molar-refractivity contribution in [3.05, 3.63) is 34.2 Å². The molecule has 2 nitrogen and oxygen atoms in total. The van der Waals surface area contributed by atoms with Gasteiger partial charge in [-0.2, -0.15) is 0 Å². The molecule has 0 atom stereocenters. The van der Waals surface area contributed by atoms with E-state index in [0.717, 1.165) is 12.1 Å². The SMILES string of the molecule is CC.CC(C)Cc1cccc(=O)[nH]1.[HH]. The van der Waals surface area contributed by atoms with Crippen LogP contribution >= 0.6 is 0 Å². The number of pyridine rings is 1. The van der Waals surface area contributed by atoms with Gasteiger partial charge in [0.05, 0.1) is 0 Å². The van der Waals surface area contributed by atoms with E-state index in [1.807, 2.05) is 19.9 Å². The molecule has 0 saturated heterocycles. The first-order valence-electron chi connectivity index (χ1n) is 4.86. The molecule has 0 unspecified atom stereocenters. The molecule has 0 aromatic carbocycles. The lowest BCUT2D eigenvalue weighted by molar-refractivity contribution is 0.634. The Kier molecular flexibility index (Phi) is 5.94. The van der Waals surface area contributed by atoms with Crippen LogP contribution < -0.4 is 5.56 Å². The fraction of sp³-hybridized carbons (Fsp3) is 0.545. The summed E-state index contributed by atoms with van der Waals surface area (Å²) >= 11 is 0. The van der Waals surface area contributed by atoms with E-state index in [4.69, 9.17) is 0 Å². The van der Waals surface area contributed by atoms with Crippen LogP contribution in [0.3, 0.4) is 0 Å². The van der Waals surface area contributed by atoms with Crippen LogP contribution in [0.15, 0.2) is 23.0 Å². The Labute approximate surface area is 81.5 Å². The van der Waals surface area contributed by atoms with Crippen LogP contribution in [-0.4, -0.2) is 4.98 Å². The van der Waals surface area contributed by atoms with Gasteiger partial charge in [0, 0.05) is 13.2 Å². The number of aromatic nitrogens is 1. The van der Waals surface area contributed by atoms with E-state index in [1.54, 1.807) is 6.07 Å². The second kappa shape index (κ2) is 6.46. The molecule has 13 heavy (non-hydrogen) atoms. The van der Waals surface area contributed by atoms with Gasteiger partial charge in [0.15, 0.2) is 0 Å². The first-order valence-corrected chi connectivity index (χ1v) is 4.86. The standard InChI is InChI=1S/C9H13NO.C2H6.H2/c1-7(2)6-8-4-3-5-9(11)10-8;1-2;/h3-5,7H,6H2,1-2H3,(H,10,11);1-2H3;1H. The van der Waals surface area contributed by atoms with Crippen molar-refractivity contribution >= 4 is 0 Å². The summed E-state index contributed by atoms with van der Waals surface area (Å²) in [6, 6.07) is 5.27. The summed E-state index contributed by atoms with van der Waals surface area (Å²) in [4.78, 5) is 13.6. The molecule has 1 aromatic heterocycles. The van der Waals surface area contributed by atoms with E-state index < -0.39 is 0 Å². The Morgan fingerprint density at radius 3 is 2.46 bits per heavy atom. The Hall–Kier alpha value is -1.05. The quantitative estimate of drug-likeness (QED) is 0.751. The molecule has 2 heteroatoms. The molecule has 1 N–H and O–H groups in total. The molecule has 0 amide bonds. The van der Waals surface area contributed by atoms with E-state index in [2.05, 4.69) is 18.8 Å². The summed E-state index contributed by atoms with van der Waals surface area (Å²) in [6.45, 7) is 8.26. The van der Waals surface area contributed by atoms with E-state index in [1.165, 1.54) is 6.07 Å². The largest absolute Gasteiger partial charge is 0.326 e. The van der Waals surface area contributed by atoms with Gasteiger partial charge < -0.3 is 4.98 Å². The average Bonchev–Trinajstić information content (AvgIpc) is 2.06. The maximum absolute atomic E-state index is 10.8. The van der Waals surface area contributed by atoms with E-state index in [-0.39, 0.29) is 6.99 Å². The van der Waals surface area contributed by atoms with Crippen molar-refractivity contribution in [2.24, 2.45) is 5.92 Å². The fourth-order valence-corrected chi connectivity index (χ4v) is 1.05. The van der Waals surface area contributed by atoms with Crippen LogP contribution in [0.4, 0.5) is 0 Å². The maximum Gasteiger partial charge on any atom is 0.248 e. The lowest BCUT2D eigenvalue weighted by Gasteiger charge is -2.02. The second-order valence-corrected chi connectivity index (χ2v) is 3.14. The average molecular weight is 183 g/mol. The van der Waals surface area contributed by atoms with Crippen LogP contribution in [0.25, 0.3) is 0 Å². The van der Waals surface area contributed by atoms with E-state index in [9.17, 15) is 4.79 Å². The highest BCUT2D eigenvalue weighted by atomic mass is 16.1. The Morgan fingerprint density at radius 1 is 1.38 bits per heavy atom. The first kappa shape index (κ1) is 11.9. The molecule has 0 saturated carbocycles. The molecule has 0 spiro atoms. The Morgan fingerprint density at radius 2 is 2.00 bits per heavy atom. The normalized spacial score (nSPS) is 9.31. The zero-order valence-electron chi connectivity index (χ0n) is 8.92. The molecule has 0 radical (unpaired) electrons. The second-order valence-electron chi connectivity index (χ2n) is 3.14. The molecule has 1 rings (SSSR count). The zero-order chi connectivity index (χ0) is 10.3. The topological polar surface area (TPSA) is 32.9 Å². The van der Waals surface area contributed by atoms with Gasteiger partial charge >= 0.3 is 0 Å². The van der Waals surface area contributed by atoms with Crippen molar-refractivity contribution in [2.75, 3.05) is 0 Å². The van der Waals surface area contributed by atoms with Gasteiger partial charge in [-0.25, -0.2) is 0 Å². The lowest BCUT2D eigenvalue weighted by atomic mass is 10.1. The van der Waals surface area contributed by atoms with Crippen LogP contribution in [-0.2, 0) is 6.42 Å². The van der Waals surface area contributed by atoms with E-state index in [0.29, 0.717) is 5.92 Å². The minimum absolute atomic E-state index is 0. The summed E-state index contributed by atoms with van der Waals surface area (Å²) in [5.74, 6) is 0.591. The molecule has 0 aliphatic heterocycles. The minimum atomic E-state index is -0.0110. The lowest BCUT2D eigenvalue weighted by Crippen LogP contribution is -2.07. The highest BCUT2D eigenvalue weighted by molar-refractivity contribution is 5.04. The molecule has 0 fully saturated rings. The Bertz CT molecular complexity index is 281. The van der Waals surface area contributed by atoms with Crippen molar-refractivity contribution in [1.29, 1.82) is 0 Å². The van der Waals surface area contributed by atoms with Gasteiger partial charge in [-0.15, -0.1) is 0 Å². The number of aromatic amines is 1. The van der Waals surface area contributed by atoms with Gasteiger partial charge in [-0.05, 0) is 18.4 Å². The van der Waals surface area contributed by atoms with Gasteiger partial charge in [-0.3, -0.25) is 4.79 Å². The Balaban J connectivity index is 0. The summed E-state index contributed by atoms with van der Waals surface area (Å²) < 4.78 is 0. The summed E-state index contributed by atoms with van der Waals surface area (Å²) in [6.07, 6.45) is 0.941. The van der Waals surface area contributed by atoms with Crippen molar-refractivity contribution in [2.45, 2.75) is 34.1 Å². The zero-order valence-corrected chi connectivity index (χ0v) is 8.92. The highest BCUT2D eigenvalue weighted by Crippen LogP contribution is 2.01. The number of rotatable bonds is 2. The van der Waals surface area contributed by atoms with Gasteiger partial charge in [0.1, 0.15) is 0 Å². The predicted octanol–water partition coefficient (Wildman–Crippen LogP) is 2.85. The monoisotopic (exact) mass is 183 g/mol. The van der Waals surface area contributed by atoms with Crippen LogP contribution in [0, 0.1) is 5.92 Å². The van der Waals surface area contributed by atoms with Crippen LogP contribution in [0.2, 0.25) is 0 Å². The van der Waals surface area contributed by atoms with E-state index >= 15 is 0 Å². The molecule has 1 aromatic rings. The minimum Gasteiger partial charge on any atom is -0.326 e. The third kappa shape index (κ3) is 5.23. The third-order valence-electron chi connectivity index (χ3n) is 1.46. The predicted molar refractivity (Wildman–Crippen MR) is 59.1 cm³/mol. The molecule has 76 valence electrons. The van der Waals surface area contributed by atoms with Gasteiger partial charge in [0.25, 0.3) is 0 Å². The summed E-state index contributed by atoms with van der Waals surface area (Å²) in [7, 11) is 0. The fourth-order valence-electron chi connectivity index (χ4n) is 1.05. The maximum atomic E-state index is 10.8. The molecule has 0 aliphatic carbocycles. The highest BCUT2D eigenvalue weighted by Gasteiger charge is 1.96. The molecule has 1 heterocycles. The number of hydrogen-bond donors (Lipinski definition) is 1. The van der Waals surface area contributed by atoms with Gasteiger partial charge in [-0.1, -0.05) is 33.8 Å². The number of nitrogens with one attached hydrogen (secondary N) is 1. The van der Waals surface area contributed by atoms with Crippen LogP contribution in [0.1, 0.15) is 34.8 Å². The van der Waals surface area contributed by atoms with Crippen molar-refractivity contribution in [3.63, 3.8) is 0 Å².